The average Bonchev–Trinajstić information content (AvgIpc) is 2.74. The Bertz CT molecular complexity index is 919. The molecule has 0 radical (unpaired) electrons. The third-order valence-corrected chi connectivity index (χ3v) is 6.94. The van der Waals surface area contributed by atoms with E-state index in [4.69, 9.17) is 11.6 Å². The molecule has 2 aliphatic heterocycles. The maximum Gasteiger partial charge on any atom is 0.416 e. The number of alkyl halides is 3. The molecule has 4 atom stereocenters. The number of imide groups is 1. The second-order valence-corrected chi connectivity index (χ2v) is 9.06. The van der Waals surface area contributed by atoms with Crippen LogP contribution in [0.5, 0.6) is 0 Å². The van der Waals surface area contributed by atoms with Crippen LogP contribution in [-0.2, 0) is 15.8 Å². The summed E-state index contributed by atoms with van der Waals surface area (Å²) >= 11 is 7.08. The number of nitrogens with one attached hydrogen (secondary N) is 3. The van der Waals surface area contributed by atoms with Gasteiger partial charge in [-0.2, -0.15) is 13.2 Å². The lowest BCUT2D eigenvalue weighted by molar-refractivity contribution is -0.140. The number of carbonyl (C=O) groups excluding carboxylic acids is 3. The molecule has 0 spiro atoms. The maximum atomic E-state index is 12.9. The van der Waals surface area contributed by atoms with E-state index in [0.29, 0.717) is 6.42 Å². The summed E-state index contributed by atoms with van der Waals surface area (Å²) in [4.78, 5) is 40.0. The Kier molecular flexibility index (Phi) is 7.28. The average molecular weight is 494 g/mol. The van der Waals surface area contributed by atoms with Gasteiger partial charge in [0.05, 0.1) is 45.6 Å². The van der Waals surface area contributed by atoms with Crippen LogP contribution in [0.25, 0.3) is 0 Å². The Morgan fingerprint density at radius 2 is 1.94 bits per heavy atom. The highest BCUT2D eigenvalue weighted by molar-refractivity contribution is 8.00. The van der Waals surface area contributed by atoms with Gasteiger partial charge in [-0.05, 0) is 24.6 Å². The van der Waals surface area contributed by atoms with Crippen molar-refractivity contribution in [2.24, 2.45) is 5.92 Å². The largest absolute Gasteiger partial charge is 0.416 e. The Morgan fingerprint density at radius 1 is 1.25 bits per heavy atom. The van der Waals surface area contributed by atoms with Gasteiger partial charge >= 0.3 is 12.2 Å². The van der Waals surface area contributed by atoms with E-state index >= 15 is 0 Å². The highest BCUT2D eigenvalue weighted by atomic mass is 35.5. The molecule has 8 nitrogen and oxygen atoms in total. The normalized spacial score (nSPS) is 26.2. The minimum Gasteiger partial charge on any atom is -0.324 e. The lowest BCUT2D eigenvalue weighted by Crippen LogP contribution is -2.74. The smallest absolute Gasteiger partial charge is 0.324 e. The van der Waals surface area contributed by atoms with Gasteiger partial charge in [0.15, 0.2) is 0 Å². The van der Waals surface area contributed by atoms with Crippen LogP contribution in [0.3, 0.4) is 0 Å². The first-order chi connectivity index (χ1) is 14.9. The molecule has 2 fully saturated rings. The topological polar surface area (TPSA) is 93.8 Å². The number of fused-ring (bicyclic) bond motifs is 1. The van der Waals surface area contributed by atoms with Crippen LogP contribution in [0.1, 0.15) is 18.9 Å². The van der Waals surface area contributed by atoms with Crippen molar-refractivity contribution in [1.82, 2.24) is 20.4 Å². The molecule has 1 aromatic carbocycles. The van der Waals surface area contributed by atoms with Crippen molar-refractivity contribution in [1.29, 1.82) is 0 Å². The number of amides is 4. The zero-order valence-corrected chi connectivity index (χ0v) is 19.1. The molecule has 2 heterocycles. The fourth-order valence-electron chi connectivity index (χ4n) is 3.65. The van der Waals surface area contributed by atoms with E-state index in [-0.39, 0.29) is 28.5 Å². The van der Waals surface area contributed by atoms with Crippen LogP contribution < -0.4 is 16.0 Å². The zero-order chi connectivity index (χ0) is 23.8. The third-order valence-electron chi connectivity index (χ3n) is 5.40. The van der Waals surface area contributed by atoms with Crippen molar-refractivity contribution >= 4 is 46.9 Å². The summed E-state index contributed by atoms with van der Waals surface area (Å²) < 4.78 is 38.8. The minimum atomic E-state index is -4.57. The number of halogens is 4. The van der Waals surface area contributed by atoms with Crippen molar-refractivity contribution in [2.75, 3.05) is 25.2 Å². The van der Waals surface area contributed by atoms with Gasteiger partial charge in [0, 0.05) is 14.1 Å². The summed E-state index contributed by atoms with van der Waals surface area (Å²) in [6.45, 7) is 1.92. The number of urea groups is 1. The minimum absolute atomic E-state index is 0.0216. The van der Waals surface area contributed by atoms with E-state index < -0.39 is 41.1 Å². The van der Waals surface area contributed by atoms with Gasteiger partial charge in [-0.15, -0.1) is 11.8 Å². The first-order valence-corrected chi connectivity index (χ1v) is 11.2. The second kappa shape index (κ2) is 9.46. The van der Waals surface area contributed by atoms with Crippen LogP contribution in [0.4, 0.5) is 23.7 Å². The number of nitrogens with zero attached hydrogens (tertiary/aromatic N) is 2. The predicted octanol–water partition coefficient (Wildman–Crippen LogP) is 2.75. The monoisotopic (exact) mass is 493 g/mol. The SMILES string of the molecule is CCC1NC(SCC(=O)Nc2cc(C(F)(F)F)ccc2Cl)C2C(=O)N(C)C(=O)N(C)C2N1. The molecule has 0 aromatic heterocycles. The third kappa shape index (κ3) is 4.98. The highest BCUT2D eigenvalue weighted by Crippen LogP contribution is 2.35. The van der Waals surface area contributed by atoms with Gasteiger partial charge in [-0.25, -0.2) is 4.79 Å². The fraction of sp³-hybridized carbons (Fsp3) is 0.526. The molecular weight excluding hydrogens is 471 g/mol. The van der Waals surface area contributed by atoms with E-state index in [1.807, 2.05) is 6.92 Å². The Morgan fingerprint density at radius 3 is 2.56 bits per heavy atom. The first-order valence-electron chi connectivity index (χ1n) is 9.78. The van der Waals surface area contributed by atoms with Gasteiger partial charge in [0.25, 0.3) is 0 Å². The number of hydrogen-bond acceptors (Lipinski definition) is 6. The maximum absolute atomic E-state index is 12.9. The highest BCUT2D eigenvalue weighted by Gasteiger charge is 2.50. The summed E-state index contributed by atoms with van der Waals surface area (Å²) in [6, 6.07) is 2.25. The predicted molar refractivity (Wildman–Crippen MR) is 115 cm³/mol. The van der Waals surface area contributed by atoms with Gasteiger partial charge < -0.3 is 10.2 Å². The van der Waals surface area contributed by atoms with E-state index in [1.165, 1.54) is 11.9 Å². The summed E-state index contributed by atoms with van der Waals surface area (Å²) in [7, 11) is 2.99. The summed E-state index contributed by atoms with van der Waals surface area (Å²) in [6.07, 6.45) is -4.64. The quantitative estimate of drug-likeness (QED) is 0.584. The van der Waals surface area contributed by atoms with E-state index in [1.54, 1.807) is 7.05 Å². The van der Waals surface area contributed by atoms with E-state index in [0.717, 1.165) is 34.9 Å². The van der Waals surface area contributed by atoms with Crippen LogP contribution in [0.15, 0.2) is 18.2 Å². The number of thioether (sulfide) groups is 1. The second-order valence-electron chi connectivity index (χ2n) is 7.53. The fourth-order valence-corrected chi connectivity index (χ4v) is 4.95. The molecule has 13 heteroatoms. The molecule has 3 N–H and O–H groups in total. The van der Waals surface area contributed by atoms with Crippen molar-refractivity contribution < 1.29 is 27.6 Å². The number of anilines is 1. The van der Waals surface area contributed by atoms with Gasteiger partial charge in [-0.3, -0.25) is 25.1 Å². The van der Waals surface area contributed by atoms with Crippen molar-refractivity contribution in [3.05, 3.63) is 28.8 Å². The Hall–Kier alpha value is -2.02. The molecular formula is C19H23ClF3N5O3S. The van der Waals surface area contributed by atoms with Gasteiger partial charge in [-0.1, -0.05) is 18.5 Å². The molecule has 176 valence electrons. The zero-order valence-electron chi connectivity index (χ0n) is 17.5. The first kappa shape index (κ1) is 24.6. The van der Waals surface area contributed by atoms with Gasteiger partial charge in [0.1, 0.15) is 0 Å². The Balaban J connectivity index is 1.72. The summed E-state index contributed by atoms with van der Waals surface area (Å²) in [5.74, 6) is -1.74. The van der Waals surface area contributed by atoms with Crippen molar-refractivity contribution in [3.8, 4) is 0 Å². The molecule has 4 amide bonds. The molecule has 2 saturated heterocycles. The molecule has 32 heavy (non-hydrogen) atoms. The van der Waals surface area contributed by atoms with Crippen LogP contribution >= 0.6 is 23.4 Å². The molecule has 0 bridgehead atoms. The number of carbonyl (C=O) groups is 3. The van der Waals surface area contributed by atoms with E-state index in [9.17, 15) is 27.6 Å². The lowest BCUT2D eigenvalue weighted by atomic mass is 9.97. The molecule has 4 unspecified atom stereocenters. The molecule has 1 aromatic rings. The van der Waals surface area contributed by atoms with Crippen LogP contribution in [0.2, 0.25) is 5.02 Å². The number of hydrogen-bond donors (Lipinski definition) is 3. The molecule has 2 aliphatic rings. The van der Waals surface area contributed by atoms with Crippen molar-refractivity contribution in [2.45, 2.75) is 37.2 Å². The number of rotatable bonds is 5. The molecule has 3 rings (SSSR count). The standard InChI is InChI=1S/C19H23ClF3N5O3S/c1-4-12-25-15-14(17(30)28(3)18(31)27(15)2)16(26-12)32-8-13(29)24-11-7-9(19(21,22)23)5-6-10(11)20/h5-7,12,14-16,25-26H,4,8H2,1-3H3,(H,24,29). The lowest BCUT2D eigenvalue weighted by Gasteiger charge is -2.50. The van der Waals surface area contributed by atoms with Crippen molar-refractivity contribution in [3.63, 3.8) is 0 Å². The van der Waals surface area contributed by atoms with E-state index in [2.05, 4.69) is 16.0 Å². The molecule has 0 aliphatic carbocycles. The van der Waals surface area contributed by atoms with Gasteiger partial charge in [0.2, 0.25) is 11.8 Å². The Labute approximate surface area is 192 Å². The van der Waals surface area contributed by atoms with Crippen LogP contribution in [-0.4, -0.2) is 65.2 Å². The molecule has 0 saturated carbocycles. The summed E-state index contributed by atoms with van der Waals surface area (Å²) in [5, 5.41) is 8.37. The summed E-state index contributed by atoms with van der Waals surface area (Å²) in [5.41, 5.74) is -1.07. The number of benzene rings is 1. The van der Waals surface area contributed by atoms with Crippen LogP contribution in [0, 0.1) is 5.92 Å².